The minimum absolute atomic E-state index is 0.541. The third-order valence-electron chi connectivity index (χ3n) is 5.16. The van der Waals surface area contributed by atoms with Crippen LogP contribution < -0.4 is 0 Å². The number of methoxy groups -OCH3 is 1. The van der Waals surface area contributed by atoms with Crippen LogP contribution >= 0.6 is 0 Å². The summed E-state index contributed by atoms with van der Waals surface area (Å²) in [6, 6.07) is 0. The van der Waals surface area contributed by atoms with Crippen molar-refractivity contribution >= 4 is 0 Å². The lowest BCUT2D eigenvalue weighted by Gasteiger charge is -2.55. The average Bonchev–Trinajstić information content (AvgIpc) is 2.27. The van der Waals surface area contributed by atoms with Gasteiger partial charge in [-0.25, -0.2) is 0 Å². The lowest BCUT2D eigenvalue weighted by molar-refractivity contribution is -0.133. The Kier molecular flexibility index (Phi) is 3.39. The molecule has 0 N–H and O–H groups in total. The van der Waals surface area contributed by atoms with Crippen molar-refractivity contribution in [3.8, 4) is 0 Å². The predicted octanol–water partition coefficient (Wildman–Crippen LogP) is 4.02. The predicted molar refractivity (Wildman–Crippen MR) is 63.9 cm³/mol. The standard InChI is InChI=1S/C14H26O/c1-4-5-7-14-8-6-12(9-11(14)2)10-13(14)15-3/h11-13H,4-10H2,1-3H3. The topological polar surface area (TPSA) is 9.23 Å². The first-order valence-corrected chi connectivity index (χ1v) is 6.75. The normalized spacial score (nSPS) is 44.6. The number of hydrogen-bond donors (Lipinski definition) is 0. The third-order valence-corrected chi connectivity index (χ3v) is 5.16. The molecule has 3 aliphatic rings. The number of unbranched alkanes of at least 4 members (excludes halogenated alkanes) is 1. The van der Waals surface area contributed by atoms with Crippen LogP contribution in [0.25, 0.3) is 0 Å². The summed E-state index contributed by atoms with van der Waals surface area (Å²) in [5.74, 6) is 1.86. The summed E-state index contributed by atoms with van der Waals surface area (Å²) < 4.78 is 5.80. The first-order chi connectivity index (χ1) is 7.23. The second-order valence-electron chi connectivity index (χ2n) is 5.84. The van der Waals surface area contributed by atoms with Crippen molar-refractivity contribution in [2.75, 3.05) is 7.11 Å². The molecule has 4 atom stereocenters. The SMILES string of the molecule is CCCCC12CCC(CC1C)CC2OC. The van der Waals surface area contributed by atoms with Crippen LogP contribution in [0.4, 0.5) is 0 Å². The zero-order valence-corrected chi connectivity index (χ0v) is 10.6. The molecule has 1 nitrogen and oxygen atoms in total. The van der Waals surface area contributed by atoms with Crippen LogP contribution in [0.15, 0.2) is 0 Å². The van der Waals surface area contributed by atoms with E-state index in [0.717, 1.165) is 11.8 Å². The molecule has 3 rings (SSSR count). The van der Waals surface area contributed by atoms with Crippen molar-refractivity contribution in [3.63, 3.8) is 0 Å². The van der Waals surface area contributed by atoms with Gasteiger partial charge < -0.3 is 4.74 Å². The fourth-order valence-electron chi connectivity index (χ4n) is 4.17. The molecule has 0 amide bonds. The molecular formula is C14H26O. The molecule has 88 valence electrons. The quantitative estimate of drug-likeness (QED) is 0.681. The number of rotatable bonds is 4. The van der Waals surface area contributed by atoms with Gasteiger partial charge >= 0.3 is 0 Å². The Labute approximate surface area is 94.6 Å². The van der Waals surface area contributed by atoms with Gasteiger partial charge in [0.2, 0.25) is 0 Å². The molecule has 3 aliphatic carbocycles. The van der Waals surface area contributed by atoms with Crippen LogP contribution in [0.1, 0.15) is 58.8 Å². The van der Waals surface area contributed by atoms with Gasteiger partial charge in [-0.1, -0.05) is 26.7 Å². The zero-order valence-electron chi connectivity index (χ0n) is 10.6. The summed E-state index contributed by atoms with van der Waals surface area (Å²) in [4.78, 5) is 0. The van der Waals surface area contributed by atoms with Gasteiger partial charge in [-0.05, 0) is 49.4 Å². The monoisotopic (exact) mass is 210 g/mol. The summed E-state index contributed by atoms with van der Waals surface area (Å²) >= 11 is 0. The van der Waals surface area contributed by atoms with E-state index in [0.29, 0.717) is 11.5 Å². The van der Waals surface area contributed by atoms with Gasteiger partial charge in [0.1, 0.15) is 0 Å². The van der Waals surface area contributed by atoms with E-state index < -0.39 is 0 Å². The first-order valence-electron chi connectivity index (χ1n) is 6.75. The molecular weight excluding hydrogens is 184 g/mol. The van der Waals surface area contributed by atoms with Gasteiger partial charge in [0.25, 0.3) is 0 Å². The molecule has 15 heavy (non-hydrogen) atoms. The highest BCUT2D eigenvalue weighted by Gasteiger charge is 2.51. The molecule has 0 aromatic rings. The highest BCUT2D eigenvalue weighted by molar-refractivity contribution is 5.01. The summed E-state index contributed by atoms with van der Waals surface area (Å²) in [7, 11) is 1.92. The van der Waals surface area contributed by atoms with E-state index in [4.69, 9.17) is 4.74 Å². The number of hydrogen-bond acceptors (Lipinski definition) is 1. The zero-order chi connectivity index (χ0) is 10.9. The second-order valence-corrected chi connectivity index (χ2v) is 5.84. The summed E-state index contributed by atoms with van der Waals surface area (Å²) in [5.41, 5.74) is 0.541. The molecule has 1 heteroatoms. The number of ether oxygens (including phenoxy) is 1. The molecule has 4 unspecified atom stereocenters. The Balaban J connectivity index is 2.13. The van der Waals surface area contributed by atoms with Crippen molar-refractivity contribution in [2.45, 2.75) is 64.9 Å². The molecule has 0 heterocycles. The van der Waals surface area contributed by atoms with E-state index in [1.54, 1.807) is 0 Å². The maximum absolute atomic E-state index is 5.80. The van der Waals surface area contributed by atoms with Gasteiger partial charge in [0.15, 0.2) is 0 Å². The Morgan fingerprint density at radius 3 is 2.73 bits per heavy atom. The van der Waals surface area contributed by atoms with E-state index in [-0.39, 0.29) is 0 Å². The summed E-state index contributed by atoms with van der Waals surface area (Å²) in [6.07, 6.45) is 10.4. The van der Waals surface area contributed by atoms with Crippen molar-refractivity contribution in [1.82, 2.24) is 0 Å². The van der Waals surface area contributed by atoms with E-state index in [1.165, 1.54) is 44.9 Å². The van der Waals surface area contributed by atoms with E-state index >= 15 is 0 Å². The molecule has 3 fully saturated rings. The van der Waals surface area contributed by atoms with Crippen LogP contribution in [0, 0.1) is 17.3 Å². The minimum atomic E-state index is 0.541. The Morgan fingerprint density at radius 2 is 2.13 bits per heavy atom. The van der Waals surface area contributed by atoms with E-state index in [2.05, 4.69) is 13.8 Å². The fourth-order valence-corrected chi connectivity index (χ4v) is 4.17. The van der Waals surface area contributed by atoms with Crippen molar-refractivity contribution in [3.05, 3.63) is 0 Å². The second kappa shape index (κ2) is 4.45. The minimum Gasteiger partial charge on any atom is -0.381 e. The maximum Gasteiger partial charge on any atom is 0.0632 e. The molecule has 0 saturated heterocycles. The van der Waals surface area contributed by atoms with Gasteiger partial charge in [-0.3, -0.25) is 0 Å². The fraction of sp³-hybridized carbons (Fsp3) is 1.00. The average molecular weight is 210 g/mol. The molecule has 2 bridgehead atoms. The highest BCUT2D eigenvalue weighted by Crippen LogP contribution is 2.57. The van der Waals surface area contributed by atoms with E-state index in [9.17, 15) is 0 Å². The van der Waals surface area contributed by atoms with Crippen LogP contribution in [0.5, 0.6) is 0 Å². The lowest BCUT2D eigenvalue weighted by Crippen LogP contribution is -2.51. The van der Waals surface area contributed by atoms with Gasteiger partial charge in [-0.2, -0.15) is 0 Å². The molecule has 0 radical (unpaired) electrons. The van der Waals surface area contributed by atoms with E-state index in [1.807, 2.05) is 7.11 Å². The molecule has 0 aromatic heterocycles. The summed E-state index contributed by atoms with van der Waals surface area (Å²) in [5, 5.41) is 0. The third kappa shape index (κ3) is 1.84. The Morgan fingerprint density at radius 1 is 1.33 bits per heavy atom. The van der Waals surface area contributed by atoms with Crippen LogP contribution in [0.3, 0.4) is 0 Å². The van der Waals surface area contributed by atoms with Crippen molar-refractivity contribution in [2.24, 2.45) is 17.3 Å². The Hall–Kier alpha value is -0.0400. The molecule has 0 aromatic carbocycles. The van der Waals surface area contributed by atoms with Gasteiger partial charge in [0.05, 0.1) is 6.10 Å². The smallest absolute Gasteiger partial charge is 0.0632 e. The molecule has 3 saturated carbocycles. The molecule has 0 aliphatic heterocycles. The van der Waals surface area contributed by atoms with Crippen molar-refractivity contribution in [1.29, 1.82) is 0 Å². The van der Waals surface area contributed by atoms with Gasteiger partial charge in [0, 0.05) is 7.11 Å². The van der Waals surface area contributed by atoms with Crippen LogP contribution in [-0.2, 0) is 4.74 Å². The lowest BCUT2D eigenvalue weighted by atomic mass is 9.52. The summed E-state index contributed by atoms with van der Waals surface area (Å²) in [6.45, 7) is 4.77. The van der Waals surface area contributed by atoms with Crippen molar-refractivity contribution < 1.29 is 4.74 Å². The maximum atomic E-state index is 5.80. The van der Waals surface area contributed by atoms with Crippen LogP contribution in [0.2, 0.25) is 0 Å². The Bertz CT molecular complexity index is 213. The van der Waals surface area contributed by atoms with Gasteiger partial charge in [-0.15, -0.1) is 0 Å². The number of fused-ring (bicyclic) bond motifs is 3. The largest absolute Gasteiger partial charge is 0.381 e. The van der Waals surface area contributed by atoms with Crippen LogP contribution in [-0.4, -0.2) is 13.2 Å². The molecule has 0 spiro atoms. The first kappa shape index (κ1) is 11.4. The highest BCUT2D eigenvalue weighted by atomic mass is 16.5.